The number of phenols is 1. The lowest BCUT2D eigenvalue weighted by molar-refractivity contribution is -0.121. The Morgan fingerprint density at radius 3 is 2.42 bits per heavy atom. The molecular weight excluding hydrogens is 240 g/mol. The van der Waals surface area contributed by atoms with Gasteiger partial charge in [-0.1, -0.05) is 31.5 Å². The minimum Gasteiger partial charge on any atom is -0.507 e. The van der Waals surface area contributed by atoms with Crippen molar-refractivity contribution in [1.29, 1.82) is 0 Å². The van der Waals surface area contributed by atoms with E-state index in [1.165, 1.54) is 6.92 Å². The van der Waals surface area contributed by atoms with E-state index >= 15 is 0 Å². The number of allylic oxidation sites excluding steroid dienone is 1. The molecule has 0 atom stereocenters. The third-order valence-corrected chi connectivity index (χ3v) is 2.85. The number of ketones is 2. The van der Waals surface area contributed by atoms with Gasteiger partial charge in [-0.2, -0.15) is 0 Å². The van der Waals surface area contributed by atoms with Crippen LogP contribution < -0.4 is 0 Å². The van der Waals surface area contributed by atoms with Crippen LogP contribution in [-0.4, -0.2) is 16.7 Å². The van der Waals surface area contributed by atoms with E-state index in [4.69, 9.17) is 0 Å². The first kappa shape index (κ1) is 15.2. The molecule has 0 aliphatic heterocycles. The van der Waals surface area contributed by atoms with Crippen LogP contribution in [-0.2, 0) is 9.59 Å². The van der Waals surface area contributed by atoms with Crippen LogP contribution >= 0.6 is 0 Å². The van der Waals surface area contributed by atoms with Crippen LogP contribution in [0.5, 0.6) is 5.75 Å². The van der Waals surface area contributed by atoms with Crippen molar-refractivity contribution in [3.8, 4) is 5.75 Å². The second kappa shape index (κ2) is 7.52. The lowest BCUT2D eigenvalue weighted by Gasteiger charge is -2.06. The Balaban J connectivity index is 2.90. The average molecular weight is 260 g/mol. The lowest BCUT2D eigenvalue weighted by atomic mass is 9.98. The summed E-state index contributed by atoms with van der Waals surface area (Å²) in [6.45, 7) is 3.48. The molecule has 0 saturated carbocycles. The second-order valence-corrected chi connectivity index (χ2v) is 4.60. The van der Waals surface area contributed by atoms with E-state index < -0.39 is 0 Å². The Morgan fingerprint density at radius 2 is 1.84 bits per heavy atom. The molecule has 0 fully saturated rings. The summed E-state index contributed by atoms with van der Waals surface area (Å²) in [5.74, 6) is 0.169. The summed E-state index contributed by atoms with van der Waals surface area (Å²) in [6.07, 6.45) is 3.76. The van der Waals surface area contributed by atoms with Gasteiger partial charge in [0.25, 0.3) is 0 Å². The van der Waals surface area contributed by atoms with Gasteiger partial charge in [0.2, 0.25) is 0 Å². The molecule has 0 spiro atoms. The van der Waals surface area contributed by atoms with Crippen LogP contribution in [0.25, 0.3) is 6.08 Å². The molecule has 1 rings (SSSR count). The fourth-order valence-corrected chi connectivity index (χ4v) is 1.81. The molecule has 3 nitrogen and oxygen atoms in total. The van der Waals surface area contributed by atoms with Crippen LogP contribution in [0.4, 0.5) is 0 Å². The maximum absolute atomic E-state index is 12.1. The van der Waals surface area contributed by atoms with E-state index in [0.29, 0.717) is 17.6 Å². The van der Waals surface area contributed by atoms with Crippen LogP contribution in [0.3, 0.4) is 0 Å². The standard InChI is InChI=1S/C16H20O3/c1-3-6-13(16(19)10-9-12(2)17)11-14-7-4-5-8-15(14)18/h4-5,7-8,11,18H,3,6,9-10H2,1-2H3/b13-11+. The lowest BCUT2D eigenvalue weighted by Crippen LogP contribution is -2.05. The molecule has 0 aliphatic rings. The van der Waals surface area contributed by atoms with Gasteiger partial charge < -0.3 is 9.90 Å². The number of Topliss-reactive ketones (excluding diaryl/α,β-unsaturated/α-hetero) is 2. The molecule has 0 bridgehead atoms. The summed E-state index contributed by atoms with van der Waals surface area (Å²) in [6, 6.07) is 6.91. The molecule has 102 valence electrons. The van der Waals surface area contributed by atoms with E-state index in [9.17, 15) is 14.7 Å². The Kier molecular flexibility index (Phi) is 6.00. The van der Waals surface area contributed by atoms with E-state index in [-0.39, 0.29) is 30.2 Å². The molecule has 0 aliphatic carbocycles. The fourth-order valence-electron chi connectivity index (χ4n) is 1.81. The minimum absolute atomic E-state index is 0.0136. The predicted molar refractivity (Wildman–Crippen MR) is 75.9 cm³/mol. The summed E-state index contributed by atoms with van der Waals surface area (Å²) in [5.41, 5.74) is 1.31. The van der Waals surface area contributed by atoms with Gasteiger partial charge >= 0.3 is 0 Å². The van der Waals surface area contributed by atoms with Crippen molar-refractivity contribution in [3.05, 3.63) is 35.4 Å². The molecule has 0 heterocycles. The normalized spacial score (nSPS) is 11.4. The van der Waals surface area contributed by atoms with Gasteiger partial charge in [0.05, 0.1) is 0 Å². The summed E-state index contributed by atoms with van der Waals surface area (Å²) in [7, 11) is 0. The Bertz CT molecular complexity index is 487. The topological polar surface area (TPSA) is 54.4 Å². The number of para-hydroxylation sites is 1. The molecule has 1 N–H and O–H groups in total. The van der Waals surface area contributed by atoms with Crippen molar-refractivity contribution in [3.63, 3.8) is 0 Å². The quantitative estimate of drug-likeness (QED) is 0.763. The third kappa shape index (κ3) is 5.08. The van der Waals surface area contributed by atoms with Gasteiger partial charge in [0.1, 0.15) is 11.5 Å². The summed E-state index contributed by atoms with van der Waals surface area (Å²) < 4.78 is 0. The third-order valence-electron chi connectivity index (χ3n) is 2.85. The number of rotatable bonds is 7. The van der Waals surface area contributed by atoms with E-state index in [0.717, 1.165) is 6.42 Å². The number of aromatic hydroxyl groups is 1. The Hall–Kier alpha value is -1.90. The molecule has 1 aromatic rings. The van der Waals surface area contributed by atoms with E-state index in [1.54, 1.807) is 24.3 Å². The molecule has 0 saturated heterocycles. The number of hydrogen-bond donors (Lipinski definition) is 1. The summed E-state index contributed by atoms with van der Waals surface area (Å²) in [4.78, 5) is 23.0. The van der Waals surface area contributed by atoms with Crippen molar-refractivity contribution < 1.29 is 14.7 Å². The van der Waals surface area contributed by atoms with Gasteiger partial charge in [-0.15, -0.1) is 0 Å². The minimum atomic E-state index is -0.0136. The van der Waals surface area contributed by atoms with E-state index in [2.05, 4.69) is 0 Å². The Morgan fingerprint density at radius 1 is 1.16 bits per heavy atom. The molecular formula is C16H20O3. The molecule has 0 radical (unpaired) electrons. The first-order valence-corrected chi connectivity index (χ1v) is 6.55. The highest BCUT2D eigenvalue weighted by molar-refractivity contribution is 6.01. The molecule has 0 amide bonds. The first-order chi connectivity index (χ1) is 9.04. The second-order valence-electron chi connectivity index (χ2n) is 4.60. The van der Waals surface area contributed by atoms with Gasteiger partial charge in [-0.05, 0) is 31.1 Å². The van der Waals surface area contributed by atoms with Crippen LogP contribution in [0.2, 0.25) is 0 Å². The maximum Gasteiger partial charge on any atom is 0.159 e. The molecule has 19 heavy (non-hydrogen) atoms. The zero-order valence-corrected chi connectivity index (χ0v) is 11.5. The van der Waals surface area contributed by atoms with Crippen molar-refractivity contribution in [2.75, 3.05) is 0 Å². The predicted octanol–water partition coefficient (Wildman–Crippen LogP) is 3.51. The molecule has 0 unspecified atom stereocenters. The van der Waals surface area contributed by atoms with Crippen LogP contribution in [0.15, 0.2) is 29.8 Å². The largest absolute Gasteiger partial charge is 0.507 e. The van der Waals surface area contributed by atoms with Crippen molar-refractivity contribution in [2.45, 2.75) is 39.5 Å². The highest BCUT2D eigenvalue weighted by atomic mass is 16.3. The molecule has 3 heteroatoms. The first-order valence-electron chi connectivity index (χ1n) is 6.55. The van der Waals surface area contributed by atoms with Gasteiger partial charge in [0, 0.05) is 18.4 Å². The van der Waals surface area contributed by atoms with Crippen LogP contribution in [0.1, 0.15) is 45.1 Å². The number of carbonyl (C=O) groups excluding carboxylic acids is 2. The number of benzene rings is 1. The maximum atomic E-state index is 12.1. The van der Waals surface area contributed by atoms with Crippen molar-refractivity contribution in [2.24, 2.45) is 0 Å². The number of phenolic OH excluding ortho intramolecular Hbond substituents is 1. The van der Waals surface area contributed by atoms with Gasteiger partial charge in [-0.3, -0.25) is 4.79 Å². The van der Waals surface area contributed by atoms with Gasteiger partial charge in [-0.25, -0.2) is 0 Å². The fraction of sp³-hybridized carbons (Fsp3) is 0.375. The highest BCUT2D eigenvalue weighted by Gasteiger charge is 2.10. The number of carbonyl (C=O) groups is 2. The number of hydrogen-bond acceptors (Lipinski definition) is 3. The van der Waals surface area contributed by atoms with Crippen molar-refractivity contribution in [1.82, 2.24) is 0 Å². The average Bonchev–Trinajstić information content (AvgIpc) is 2.38. The van der Waals surface area contributed by atoms with Gasteiger partial charge in [0.15, 0.2) is 5.78 Å². The smallest absolute Gasteiger partial charge is 0.159 e. The highest BCUT2D eigenvalue weighted by Crippen LogP contribution is 2.22. The van der Waals surface area contributed by atoms with E-state index in [1.807, 2.05) is 13.0 Å². The summed E-state index contributed by atoms with van der Waals surface area (Å²) in [5, 5.41) is 9.72. The monoisotopic (exact) mass is 260 g/mol. The van der Waals surface area contributed by atoms with Crippen molar-refractivity contribution >= 4 is 17.6 Å². The Labute approximate surface area is 114 Å². The summed E-state index contributed by atoms with van der Waals surface area (Å²) >= 11 is 0. The zero-order valence-electron chi connectivity index (χ0n) is 11.5. The SMILES string of the molecule is CCC/C(=C\c1ccccc1O)C(=O)CCC(C)=O. The zero-order chi connectivity index (χ0) is 14.3. The molecule has 0 aromatic heterocycles. The van der Waals surface area contributed by atoms with Crippen LogP contribution in [0, 0.1) is 0 Å². The molecule has 1 aromatic carbocycles.